The summed E-state index contributed by atoms with van der Waals surface area (Å²) in [6, 6.07) is 8.14. The van der Waals surface area contributed by atoms with Crippen LogP contribution >= 0.6 is 0 Å². The van der Waals surface area contributed by atoms with E-state index in [9.17, 15) is 4.79 Å². The van der Waals surface area contributed by atoms with E-state index in [1.807, 2.05) is 45.3 Å². The lowest BCUT2D eigenvalue weighted by atomic mass is 10.1. The molecule has 124 valence electrons. The Morgan fingerprint density at radius 3 is 2.17 bits per heavy atom. The molecule has 2 aromatic rings. The largest absolute Gasteiger partial charge is 0.444 e. The lowest BCUT2D eigenvalue weighted by molar-refractivity contribution is 0.139. The molecule has 0 spiro atoms. The summed E-state index contributed by atoms with van der Waals surface area (Å²) in [5, 5.41) is 0. The van der Waals surface area contributed by atoms with Crippen LogP contribution in [0.1, 0.15) is 38.3 Å². The van der Waals surface area contributed by atoms with Crippen molar-refractivity contribution in [2.75, 3.05) is 11.4 Å². The fraction of sp³-hybridized carbons (Fsp3) is 0.421. The van der Waals surface area contributed by atoms with Gasteiger partial charge in [0.1, 0.15) is 6.10 Å². The number of ether oxygens (including phenoxy) is 1. The Morgan fingerprint density at radius 2 is 1.70 bits per heavy atom. The molecule has 0 saturated carbocycles. The first kappa shape index (κ1) is 17.1. The molecule has 4 nitrogen and oxygen atoms in total. The van der Waals surface area contributed by atoms with Gasteiger partial charge in [0.25, 0.3) is 0 Å². The molecule has 0 aliphatic carbocycles. The van der Waals surface area contributed by atoms with Crippen molar-refractivity contribution < 1.29 is 9.53 Å². The smallest absolute Gasteiger partial charge is 0.414 e. The molecule has 1 atom stereocenters. The molecule has 1 aliphatic heterocycles. The average molecular weight is 314 g/mol. The van der Waals surface area contributed by atoms with E-state index in [-0.39, 0.29) is 12.2 Å². The number of amides is 1. The fourth-order valence-electron chi connectivity index (χ4n) is 2.92. The third kappa shape index (κ3) is 3.41. The number of rotatable bonds is 3. The molecule has 3 rings (SSSR count). The fourth-order valence-corrected chi connectivity index (χ4v) is 2.92. The van der Waals surface area contributed by atoms with Crippen LogP contribution in [-0.2, 0) is 4.74 Å². The highest BCUT2D eigenvalue weighted by Crippen LogP contribution is 2.29. The number of nitrogens with zero attached hydrogens (tertiary/aromatic N) is 2. The minimum atomic E-state index is -0.241. The molecule has 0 unspecified atom stereocenters. The maximum Gasteiger partial charge on any atom is 0.414 e. The highest BCUT2D eigenvalue weighted by atomic mass is 16.6. The Kier molecular flexibility index (Phi) is 5.48. The zero-order chi connectivity index (χ0) is 17.0. The first-order valence-electron chi connectivity index (χ1n) is 8.33. The van der Waals surface area contributed by atoms with Crippen LogP contribution in [0.15, 0.2) is 36.7 Å². The number of hydrogen-bond donors (Lipinski definition) is 0. The van der Waals surface area contributed by atoms with Gasteiger partial charge in [-0.1, -0.05) is 20.8 Å². The lowest BCUT2D eigenvalue weighted by Crippen LogP contribution is -2.24. The summed E-state index contributed by atoms with van der Waals surface area (Å²) >= 11 is 0. The highest BCUT2D eigenvalue weighted by molar-refractivity contribution is 5.90. The van der Waals surface area contributed by atoms with E-state index >= 15 is 0 Å². The van der Waals surface area contributed by atoms with Crippen LogP contribution in [0.25, 0.3) is 5.69 Å². The Bertz CT molecular complexity index is 639. The minimum absolute atomic E-state index is 0.00207. The molecule has 0 N–H and O–H groups in total. The Labute approximate surface area is 138 Å². The van der Waals surface area contributed by atoms with Crippen LogP contribution in [0.2, 0.25) is 0 Å². The van der Waals surface area contributed by atoms with Gasteiger partial charge in [0, 0.05) is 18.1 Å². The number of anilines is 1. The van der Waals surface area contributed by atoms with E-state index in [0.717, 1.165) is 23.2 Å². The third-order valence-corrected chi connectivity index (χ3v) is 3.98. The molecule has 1 fully saturated rings. The van der Waals surface area contributed by atoms with Crippen LogP contribution in [0.5, 0.6) is 0 Å². The van der Waals surface area contributed by atoms with Crippen LogP contribution < -0.4 is 4.90 Å². The summed E-state index contributed by atoms with van der Waals surface area (Å²) in [7, 11) is 0. The second-order valence-corrected chi connectivity index (χ2v) is 5.54. The van der Waals surface area contributed by atoms with Crippen LogP contribution in [0.4, 0.5) is 10.5 Å². The normalized spacial score (nSPS) is 16.8. The number of carbonyl (C=O) groups is 1. The number of aromatic nitrogens is 1. The summed E-state index contributed by atoms with van der Waals surface area (Å²) < 4.78 is 7.44. The molecule has 2 heterocycles. The van der Waals surface area contributed by atoms with Crippen molar-refractivity contribution >= 4 is 11.8 Å². The van der Waals surface area contributed by atoms with Gasteiger partial charge in [-0.3, -0.25) is 4.90 Å². The zero-order valence-electron chi connectivity index (χ0n) is 14.7. The first-order valence-corrected chi connectivity index (χ1v) is 8.33. The van der Waals surface area contributed by atoms with Gasteiger partial charge in [-0.05, 0) is 55.7 Å². The van der Waals surface area contributed by atoms with Gasteiger partial charge >= 0.3 is 6.09 Å². The number of hydrogen-bond acceptors (Lipinski definition) is 2. The lowest BCUT2D eigenvalue weighted by Gasteiger charge is -2.18. The summed E-state index contributed by atoms with van der Waals surface area (Å²) in [5.41, 5.74) is 4.38. The molecular formula is C19H26N2O2. The molecule has 1 saturated heterocycles. The minimum Gasteiger partial charge on any atom is -0.444 e. The number of benzene rings is 1. The number of cyclic esters (lactones) is 1. The van der Waals surface area contributed by atoms with E-state index in [1.54, 1.807) is 4.90 Å². The molecule has 23 heavy (non-hydrogen) atoms. The van der Waals surface area contributed by atoms with Crippen LogP contribution in [0.3, 0.4) is 0 Å². The second kappa shape index (κ2) is 7.36. The first-order chi connectivity index (χ1) is 11.1. The number of carbonyl (C=O) groups excluding carboxylic acids is 1. The van der Waals surface area contributed by atoms with Crippen LogP contribution in [0, 0.1) is 13.8 Å². The van der Waals surface area contributed by atoms with Crippen molar-refractivity contribution in [1.82, 2.24) is 4.57 Å². The van der Waals surface area contributed by atoms with E-state index < -0.39 is 0 Å². The van der Waals surface area contributed by atoms with Crippen molar-refractivity contribution in [2.45, 2.75) is 47.1 Å². The Hall–Kier alpha value is -2.23. The average Bonchev–Trinajstić information content (AvgIpc) is 3.18. The highest BCUT2D eigenvalue weighted by Gasteiger charge is 2.31. The van der Waals surface area contributed by atoms with Gasteiger partial charge < -0.3 is 9.30 Å². The third-order valence-electron chi connectivity index (χ3n) is 3.98. The second-order valence-electron chi connectivity index (χ2n) is 5.54. The predicted molar refractivity (Wildman–Crippen MR) is 94.5 cm³/mol. The standard InChI is InChI=1S/C17H20N2O2.C2H6/c1-4-15-11-19(17(20)21-15)14-9-12(2)16(13(3)10-14)18-7-5-6-8-18;1-2/h5-10,15H,4,11H2,1-3H3;1-2H3/t15-;/m0./s1. The molecule has 4 heteroatoms. The summed E-state index contributed by atoms with van der Waals surface area (Å²) in [4.78, 5) is 13.7. The SMILES string of the molecule is CC.CC[C@H]1CN(c2cc(C)c(-n3cccc3)c(C)c2)C(=O)O1. The molecule has 0 bridgehead atoms. The maximum absolute atomic E-state index is 12.0. The summed E-state index contributed by atoms with van der Waals surface area (Å²) in [6.45, 7) is 10.8. The monoisotopic (exact) mass is 314 g/mol. The molecule has 0 radical (unpaired) electrons. The maximum atomic E-state index is 12.0. The van der Waals surface area contributed by atoms with E-state index in [2.05, 4.69) is 30.5 Å². The molecule has 1 aromatic heterocycles. The molecular weight excluding hydrogens is 288 g/mol. The van der Waals surface area contributed by atoms with Gasteiger partial charge in [-0.25, -0.2) is 4.79 Å². The van der Waals surface area contributed by atoms with Gasteiger partial charge in [-0.15, -0.1) is 0 Å². The molecule has 1 aromatic carbocycles. The van der Waals surface area contributed by atoms with Gasteiger partial charge in [0.15, 0.2) is 0 Å². The quantitative estimate of drug-likeness (QED) is 0.811. The summed E-state index contributed by atoms with van der Waals surface area (Å²) in [5.74, 6) is 0. The topological polar surface area (TPSA) is 34.5 Å². The van der Waals surface area contributed by atoms with Crippen molar-refractivity contribution in [2.24, 2.45) is 0 Å². The van der Waals surface area contributed by atoms with Gasteiger partial charge in [0.2, 0.25) is 0 Å². The van der Waals surface area contributed by atoms with Gasteiger partial charge in [0.05, 0.1) is 12.2 Å². The zero-order valence-corrected chi connectivity index (χ0v) is 14.7. The van der Waals surface area contributed by atoms with Crippen molar-refractivity contribution in [3.8, 4) is 5.69 Å². The predicted octanol–water partition coefficient (Wildman–Crippen LogP) is 4.86. The molecule has 1 aliphatic rings. The summed E-state index contributed by atoms with van der Waals surface area (Å²) in [6.07, 6.45) is 4.68. The van der Waals surface area contributed by atoms with Crippen LogP contribution in [-0.4, -0.2) is 23.3 Å². The van der Waals surface area contributed by atoms with Crippen molar-refractivity contribution in [3.05, 3.63) is 47.8 Å². The Balaban J connectivity index is 0.000000924. The van der Waals surface area contributed by atoms with E-state index in [0.29, 0.717) is 6.54 Å². The number of aryl methyl sites for hydroxylation is 2. The van der Waals surface area contributed by atoms with E-state index in [1.165, 1.54) is 5.69 Å². The van der Waals surface area contributed by atoms with E-state index in [4.69, 9.17) is 4.74 Å². The van der Waals surface area contributed by atoms with Crippen molar-refractivity contribution in [1.29, 1.82) is 0 Å². The van der Waals surface area contributed by atoms with Crippen molar-refractivity contribution in [3.63, 3.8) is 0 Å². The Morgan fingerprint density at radius 1 is 1.13 bits per heavy atom. The van der Waals surface area contributed by atoms with Gasteiger partial charge in [-0.2, -0.15) is 0 Å². The molecule has 1 amide bonds.